The number of nitro groups is 1. The lowest BCUT2D eigenvalue weighted by Crippen LogP contribution is -2.25. The lowest BCUT2D eigenvalue weighted by Gasteiger charge is -2.09. The van der Waals surface area contributed by atoms with E-state index in [0.29, 0.717) is 18.6 Å². The molecule has 21 heavy (non-hydrogen) atoms. The molecule has 0 atom stereocenters. The van der Waals surface area contributed by atoms with Crippen LogP contribution in [0.15, 0.2) is 41.5 Å². The summed E-state index contributed by atoms with van der Waals surface area (Å²) >= 11 is 0. The molecule has 0 saturated heterocycles. The summed E-state index contributed by atoms with van der Waals surface area (Å²) in [6, 6.07) is 4.07. The number of hydrogen-bond donors (Lipinski definition) is 1. The lowest BCUT2D eigenvalue weighted by molar-refractivity contribution is -0.384. The van der Waals surface area contributed by atoms with Gasteiger partial charge < -0.3 is 5.32 Å². The summed E-state index contributed by atoms with van der Waals surface area (Å²) in [5.41, 5.74) is 0.858. The molecule has 1 aromatic carbocycles. The fraction of sp³-hybridized carbons (Fsp3) is 0.286. The Morgan fingerprint density at radius 3 is 2.95 bits per heavy atom. The van der Waals surface area contributed by atoms with Gasteiger partial charge >= 0.3 is 0 Å². The minimum absolute atomic E-state index is 0.120. The van der Waals surface area contributed by atoms with Crippen molar-refractivity contribution in [1.82, 2.24) is 14.9 Å². The second-order valence-corrected chi connectivity index (χ2v) is 4.67. The second-order valence-electron chi connectivity index (χ2n) is 4.67. The number of non-ortho nitro benzene ring substituents is 1. The molecule has 7 heteroatoms. The SMILES string of the molecule is C=C(CNCC)Cn1cnc2ccc([N+](=O)[O-])cc2c1=O. The number of rotatable bonds is 6. The van der Waals surface area contributed by atoms with Crippen LogP contribution in [0.3, 0.4) is 0 Å². The fourth-order valence-electron chi connectivity index (χ4n) is 1.97. The molecule has 0 spiro atoms. The molecular formula is C14H16N4O3. The molecule has 7 nitrogen and oxygen atoms in total. The Balaban J connectivity index is 2.38. The van der Waals surface area contributed by atoms with Crippen molar-refractivity contribution >= 4 is 16.6 Å². The second kappa shape index (κ2) is 6.27. The molecule has 0 bridgehead atoms. The monoisotopic (exact) mass is 288 g/mol. The van der Waals surface area contributed by atoms with E-state index in [9.17, 15) is 14.9 Å². The Kier molecular flexibility index (Phi) is 4.44. The Labute approximate surface area is 121 Å². The quantitative estimate of drug-likeness (QED) is 0.494. The number of benzene rings is 1. The standard InChI is InChI=1S/C14H16N4O3/c1-3-15-7-10(2)8-17-9-16-13-5-4-11(18(20)21)6-12(13)14(17)19/h4-6,9,15H,2-3,7-8H2,1H3. The summed E-state index contributed by atoms with van der Waals surface area (Å²) in [4.78, 5) is 26.8. The molecule has 1 N–H and O–H groups in total. The zero-order chi connectivity index (χ0) is 15.4. The van der Waals surface area contributed by atoms with Crippen molar-refractivity contribution in [2.45, 2.75) is 13.5 Å². The van der Waals surface area contributed by atoms with Gasteiger partial charge in [-0.2, -0.15) is 0 Å². The number of nitrogens with zero attached hydrogens (tertiary/aromatic N) is 3. The first-order chi connectivity index (χ1) is 10.0. The average Bonchev–Trinajstić information content (AvgIpc) is 2.47. The number of fused-ring (bicyclic) bond motifs is 1. The van der Waals surface area contributed by atoms with Crippen molar-refractivity contribution in [2.24, 2.45) is 0 Å². The fourth-order valence-corrected chi connectivity index (χ4v) is 1.97. The van der Waals surface area contributed by atoms with Crippen LogP contribution in [0, 0.1) is 10.1 Å². The molecular weight excluding hydrogens is 272 g/mol. The maximum Gasteiger partial charge on any atom is 0.270 e. The maximum atomic E-state index is 12.4. The van der Waals surface area contributed by atoms with Gasteiger partial charge in [0, 0.05) is 25.2 Å². The molecule has 0 aliphatic rings. The van der Waals surface area contributed by atoms with E-state index < -0.39 is 4.92 Å². The van der Waals surface area contributed by atoms with E-state index in [1.54, 1.807) is 0 Å². The molecule has 0 aliphatic heterocycles. The largest absolute Gasteiger partial charge is 0.313 e. The van der Waals surface area contributed by atoms with Gasteiger partial charge in [-0.15, -0.1) is 0 Å². The number of aromatic nitrogens is 2. The van der Waals surface area contributed by atoms with Crippen LogP contribution in [-0.4, -0.2) is 27.6 Å². The summed E-state index contributed by atoms with van der Waals surface area (Å²) in [6.07, 6.45) is 1.44. The van der Waals surface area contributed by atoms with E-state index in [4.69, 9.17) is 0 Å². The van der Waals surface area contributed by atoms with Crippen molar-refractivity contribution < 1.29 is 4.92 Å². The van der Waals surface area contributed by atoms with E-state index in [1.807, 2.05) is 6.92 Å². The van der Waals surface area contributed by atoms with Crippen LogP contribution >= 0.6 is 0 Å². The number of nitrogens with one attached hydrogen (secondary N) is 1. The Bertz CT molecular complexity index is 751. The van der Waals surface area contributed by atoms with Gasteiger partial charge in [0.2, 0.25) is 0 Å². The van der Waals surface area contributed by atoms with Gasteiger partial charge in [-0.05, 0) is 18.2 Å². The topological polar surface area (TPSA) is 90.1 Å². The van der Waals surface area contributed by atoms with Crippen molar-refractivity contribution in [3.8, 4) is 0 Å². The normalized spacial score (nSPS) is 10.7. The first-order valence-corrected chi connectivity index (χ1v) is 6.54. The van der Waals surface area contributed by atoms with E-state index in [-0.39, 0.29) is 16.6 Å². The van der Waals surface area contributed by atoms with Crippen LogP contribution in [0.25, 0.3) is 10.9 Å². The zero-order valence-electron chi connectivity index (χ0n) is 11.7. The molecule has 0 unspecified atom stereocenters. The first-order valence-electron chi connectivity index (χ1n) is 6.54. The maximum absolute atomic E-state index is 12.4. The minimum atomic E-state index is -0.527. The minimum Gasteiger partial charge on any atom is -0.313 e. The predicted octanol–water partition coefficient (Wildman–Crippen LogP) is 1.47. The van der Waals surface area contributed by atoms with Crippen molar-refractivity contribution in [2.75, 3.05) is 13.1 Å². The lowest BCUT2D eigenvalue weighted by atomic mass is 10.2. The summed E-state index contributed by atoms with van der Waals surface area (Å²) in [5, 5.41) is 14.2. The first kappa shape index (κ1) is 14.9. The molecule has 2 rings (SSSR count). The molecule has 1 heterocycles. The number of hydrogen-bond acceptors (Lipinski definition) is 5. The van der Waals surface area contributed by atoms with Crippen LogP contribution in [0.5, 0.6) is 0 Å². The van der Waals surface area contributed by atoms with Gasteiger partial charge in [0.15, 0.2) is 0 Å². The molecule has 0 radical (unpaired) electrons. The van der Waals surface area contributed by atoms with Crippen LogP contribution in [0.2, 0.25) is 0 Å². The average molecular weight is 288 g/mol. The summed E-state index contributed by atoms with van der Waals surface area (Å²) < 4.78 is 1.41. The van der Waals surface area contributed by atoms with Crippen LogP contribution in [0.4, 0.5) is 5.69 Å². The van der Waals surface area contributed by atoms with Gasteiger partial charge in [0.05, 0.1) is 22.2 Å². The van der Waals surface area contributed by atoms with Crippen molar-refractivity contribution in [3.63, 3.8) is 0 Å². The molecule has 2 aromatic rings. The highest BCUT2D eigenvalue weighted by Crippen LogP contribution is 2.16. The highest BCUT2D eigenvalue weighted by Gasteiger charge is 2.11. The van der Waals surface area contributed by atoms with E-state index in [2.05, 4.69) is 16.9 Å². The molecule has 110 valence electrons. The zero-order valence-corrected chi connectivity index (χ0v) is 11.7. The van der Waals surface area contributed by atoms with Gasteiger partial charge in [-0.1, -0.05) is 13.5 Å². The molecule has 0 saturated carbocycles. The van der Waals surface area contributed by atoms with Gasteiger partial charge in [0.1, 0.15) is 0 Å². The number of likely N-dealkylation sites (N-methyl/N-ethyl adjacent to an activating group) is 1. The third-order valence-corrected chi connectivity index (χ3v) is 3.04. The molecule has 0 fully saturated rings. The Hall–Kier alpha value is -2.54. The third-order valence-electron chi connectivity index (χ3n) is 3.04. The van der Waals surface area contributed by atoms with E-state index >= 15 is 0 Å². The molecule has 0 aliphatic carbocycles. The smallest absolute Gasteiger partial charge is 0.270 e. The molecule has 1 aromatic heterocycles. The number of nitro benzene ring substituents is 1. The highest BCUT2D eigenvalue weighted by atomic mass is 16.6. The Morgan fingerprint density at radius 2 is 2.29 bits per heavy atom. The highest BCUT2D eigenvalue weighted by molar-refractivity contribution is 5.79. The summed E-state index contributed by atoms with van der Waals surface area (Å²) in [6.45, 7) is 7.63. The van der Waals surface area contributed by atoms with Crippen LogP contribution in [-0.2, 0) is 6.54 Å². The predicted molar refractivity (Wildman–Crippen MR) is 80.3 cm³/mol. The van der Waals surface area contributed by atoms with Crippen LogP contribution < -0.4 is 10.9 Å². The van der Waals surface area contributed by atoms with Crippen molar-refractivity contribution in [1.29, 1.82) is 0 Å². The third kappa shape index (κ3) is 3.32. The van der Waals surface area contributed by atoms with Gasteiger partial charge in [-0.3, -0.25) is 19.5 Å². The Morgan fingerprint density at radius 1 is 1.52 bits per heavy atom. The molecule has 0 amide bonds. The van der Waals surface area contributed by atoms with Gasteiger partial charge in [0.25, 0.3) is 11.2 Å². The van der Waals surface area contributed by atoms with Crippen molar-refractivity contribution in [3.05, 3.63) is 57.1 Å². The summed E-state index contributed by atoms with van der Waals surface area (Å²) in [5.74, 6) is 0. The van der Waals surface area contributed by atoms with Crippen LogP contribution in [0.1, 0.15) is 6.92 Å². The summed E-state index contributed by atoms with van der Waals surface area (Å²) in [7, 11) is 0. The van der Waals surface area contributed by atoms with E-state index in [1.165, 1.54) is 29.1 Å². The van der Waals surface area contributed by atoms with Gasteiger partial charge in [-0.25, -0.2) is 4.98 Å². The van der Waals surface area contributed by atoms with E-state index in [0.717, 1.165) is 12.1 Å².